The van der Waals surface area contributed by atoms with Gasteiger partial charge in [0.1, 0.15) is 0 Å². The number of carbonyl (C=O) groups excluding carboxylic acids is 1. The molecule has 0 spiro atoms. The third kappa shape index (κ3) is 3.32. The van der Waals surface area contributed by atoms with E-state index in [9.17, 15) is 9.90 Å². The molecule has 1 fully saturated rings. The molecule has 0 radical (unpaired) electrons. The Labute approximate surface area is 113 Å². The van der Waals surface area contributed by atoms with Crippen LogP contribution in [0.1, 0.15) is 18.4 Å². The summed E-state index contributed by atoms with van der Waals surface area (Å²) in [6.07, 6.45) is 1.13. The van der Waals surface area contributed by atoms with E-state index in [1.807, 2.05) is 30.3 Å². The van der Waals surface area contributed by atoms with Gasteiger partial charge in [-0.15, -0.1) is 0 Å². The maximum atomic E-state index is 11.9. The fourth-order valence-corrected chi connectivity index (χ4v) is 2.48. The number of carbonyl (C=O) groups is 1. The van der Waals surface area contributed by atoms with E-state index in [1.54, 1.807) is 11.9 Å². The molecule has 0 saturated carbocycles. The van der Waals surface area contributed by atoms with E-state index >= 15 is 0 Å². The summed E-state index contributed by atoms with van der Waals surface area (Å²) in [6, 6.07) is 9.65. The number of benzene rings is 1. The third-order valence-corrected chi connectivity index (χ3v) is 3.64. The van der Waals surface area contributed by atoms with Crippen LogP contribution in [0.15, 0.2) is 30.3 Å². The van der Waals surface area contributed by atoms with E-state index in [1.165, 1.54) is 5.01 Å². The molecule has 1 aromatic rings. The van der Waals surface area contributed by atoms with Gasteiger partial charge in [0, 0.05) is 20.1 Å². The van der Waals surface area contributed by atoms with Crippen molar-refractivity contribution in [2.75, 3.05) is 26.7 Å². The van der Waals surface area contributed by atoms with Crippen molar-refractivity contribution in [2.24, 2.45) is 5.84 Å². The lowest BCUT2D eigenvalue weighted by Gasteiger charge is -2.38. The average Bonchev–Trinajstić information content (AvgIpc) is 2.40. The number of aliphatic hydroxyl groups is 1. The van der Waals surface area contributed by atoms with E-state index in [0.29, 0.717) is 25.9 Å². The maximum absolute atomic E-state index is 11.9. The Morgan fingerprint density at radius 2 is 1.95 bits per heavy atom. The van der Waals surface area contributed by atoms with Gasteiger partial charge < -0.3 is 10.0 Å². The molecule has 1 amide bonds. The SMILES string of the molecule is CN(N)CC(=O)N1CCC(O)(c2ccccc2)CC1. The van der Waals surface area contributed by atoms with Crippen molar-refractivity contribution in [3.8, 4) is 0 Å². The standard InChI is InChI=1S/C14H21N3O2/c1-16(15)11-13(18)17-9-7-14(19,8-10-17)12-5-3-2-4-6-12/h2-6,19H,7-11,15H2,1H3. The third-order valence-electron chi connectivity index (χ3n) is 3.64. The Hall–Kier alpha value is -1.43. The normalized spacial score (nSPS) is 18.6. The molecule has 0 unspecified atom stereocenters. The molecule has 0 aromatic heterocycles. The number of hydrogen-bond donors (Lipinski definition) is 2. The first-order chi connectivity index (χ1) is 9.01. The first kappa shape index (κ1) is 14.0. The van der Waals surface area contributed by atoms with Crippen molar-refractivity contribution in [1.29, 1.82) is 0 Å². The molecule has 0 bridgehead atoms. The van der Waals surface area contributed by atoms with Crippen LogP contribution in [0.5, 0.6) is 0 Å². The molecule has 1 aromatic carbocycles. The lowest BCUT2D eigenvalue weighted by Crippen LogP contribution is -2.48. The van der Waals surface area contributed by atoms with Crippen LogP contribution < -0.4 is 5.84 Å². The molecule has 1 aliphatic heterocycles. The topological polar surface area (TPSA) is 69.8 Å². The highest BCUT2D eigenvalue weighted by atomic mass is 16.3. The van der Waals surface area contributed by atoms with Gasteiger partial charge in [-0.05, 0) is 18.4 Å². The Morgan fingerprint density at radius 3 is 2.47 bits per heavy atom. The summed E-state index contributed by atoms with van der Waals surface area (Å²) in [5.41, 5.74) is 0.116. The highest BCUT2D eigenvalue weighted by molar-refractivity contribution is 5.78. The van der Waals surface area contributed by atoms with E-state index in [0.717, 1.165) is 5.56 Å². The summed E-state index contributed by atoms with van der Waals surface area (Å²) < 4.78 is 0. The van der Waals surface area contributed by atoms with E-state index in [2.05, 4.69) is 0 Å². The van der Waals surface area contributed by atoms with Gasteiger partial charge in [-0.25, -0.2) is 5.01 Å². The number of rotatable bonds is 3. The molecule has 104 valence electrons. The highest BCUT2D eigenvalue weighted by Crippen LogP contribution is 2.32. The highest BCUT2D eigenvalue weighted by Gasteiger charge is 2.35. The lowest BCUT2D eigenvalue weighted by atomic mass is 9.84. The largest absolute Gasteiger partial charge is 0.385 e. The summed E-state index contributed by atoms with van der Waals surface area (Å²) in [6.45, 7) is 1.35. The second-order valence-electron chi connectivity index (χ2n) is 5.19. The zero-order valence-corrected chi connectivity index (χ0v) is 11.2. The zero-order valence-electron chi connectivity index (χ0n) is 11.2. The van der Waals surface area contributed by atoms with Crippen LogP contribution in [-0.4, -0.2) is 47.6 Å². The summed E-state index contributed by atoms with van der Waals surface area (Å²) in [4.78, 5) is 13.6. The molecular formula is C14H21N3O2. The Balaban J connectivity index is 1.97. The minimum atomic E-state index is -0.813. The van der Waals surface area contributed by atoms with Crippen molar-refractivity contribution in [2.45, 2.75) is 18.4 Å². The number of hydrazine groups is 1. The molecule has 0 atom stereocenters. The van der Waals surface area contributed by atoms with Gasteiger partial charge in [0.05, 0.1) is 12.1 Å². The van der Waals surface area contributed by atoms with Crippen LogP contribution >= 0.6 is 0 Å². The van der Waals surface area contributed by atoms with Gasteiger partial charge >= 0.3 is 0 Å². The minimum Gasteiger partial charge on any atom is -0.385 e. The van der Waals surface area contributed by atoms with Gasteiger partial charge in [0.25, 0.3) is 0 Å². The summed E-state index contributed by atoms with van der Waals surface area (Å²) >= 11 is 0. The summed E-state index contributed by atoms with van der Waals surface area (Å²) in [5, 5.41) is 12.0. The first-order valence-corrected chi connectivity index (χ1v) is 6.53. The molecule has 1 aliphatic rings. The van der Waals surface area contributed by atoms with Crippen molar-refractivity contribution < 1.29 is 9.90 Å². The second kappa shape index (κ2) is 5.69. The van der Waals surface area contributed by atoms with Gasteiger partial charge in [0.15, 0.2) is 0 Å². The predicted molar refractivity (Wildman–Crippen MR) is 73.0 cm³/mol. The number of nitrogens with two attached hydrogens (primary N) is 1. The Kier molecular flexibility index (Phi) is 4.19. The molecule has 3 N–H and O–H groups in total. The van der Waals surface area contributed by atoms with E-state index in [4.69, 9.17) is 5.84 Å². The molecule has 2 rings (SSSR count). The fraction of sp³-hybridized carbons (Fsp3) is 0.500. The predicted octanol–water partition coefficient (Wildman–Crippen LogP) is 0.302. The monoisotopic (exact) mass is 263 g/mol. The van der Waals surface area contributed by atoms with Crippen molar-refractivity contribution in [3.63, 3.8) is 0 Å². The molecule has 0 aliphatic carbocycles. The molecule has 19 heavy (non-hydrogen) atoms. The van der Waals surface area contributed by atoms with Crippen molar-refractivity contribution in [1.82, 2.24) is 9.91 Å². The molecule has 5 nitrogen and oxygen atoms in total. The van der Waals surface area contributed by atoms with Gasteiger partial charge in [-0.3, -0.25) is 10.6 Å². The van der Waals surface area contributed by atoms with Crippen LogP contribution in [0, 0.1) is 0 Å². The Bertz CT molecular complexity index is 426. The molecular weight excluding hydrogens is 242 g/mol. The minimum absolute atomic E-state index is 0.0140. The lowest BCUT2D eigenvalue weighted by molar-refractivity contribution is -0.136. The maximum Gasteiger partial charge on any atom is 0.238 e. The van der Waals surface area contributed by atoms with Gasteiger partial charge in [0.2, 0.25) is 5.91 Å². The van der Waals surface area contributed by atoms with Crippen LogP contribution in [0.3, 0.4) is 0 Å². The van der Waals surface area contributed by atoms with Crippen molar-refractivity contribution >= 4 is 5.91 Å². The number of amides is 1. The number of likely N-dealkylation sites (N-methyl/N-ethyl adjacent to an activating group) is 1. The van der Waals surface area contributed by atoms with E-state index in [-0.39, 0.29) is 12.5 Å². The van der Waals surface area contributed by atoms with Gasteiger partial charge in [-0.1, -0.05) is 30.3 Å². The van der Waals surface area contributed by atoms with Crippen LogP contribution in [0.2, 0.25) is 0 Å². The van der Waals surface area contributed by atoms with Crippen LogP contribution in [0.25, 0.3) is 0 Å². The quantitative estimate of drug-likeness (QED) is 0.608. The summed E-state index contributed by atoms with van der Waals surface area (Å²) in [7, 11) is 1.67. The smallest absolute Gasteiger partial charge is 0.238 e. The number of nitrogens with zero attached hydrogens (tertiary/aromatic N) is 2. The Morgan fingerprint density at radius 1 is 1.37 bits per heavy atom. The van der Waals surface area contributed by atoms with Crippen LogP contribution in [0.4, 0.5) is 0 Å². The second-order valence-corrected chi connectivity index (χ2v) is 5.19. The fourth-order valence-electron chi connectivity index (χ4n) is 2.48. The average molecular weight is 263 g/mol. The van der Waals surface area contributed by atoms with Crippen molar-refractivity contribution in [3.05, 3.63) is 35.9 Å². The van der Waals surface area contributed by atoms with E-state index < -0.39 is 5.60 Å². The number of likely N-dealkylation sites (tertiary alicyclic amines) is 1. The van der Waals surface area contributed by atoms with Crippen LogP contribution in [-0.2, 0) is 10.4 Å². The summed E-state index contributed by atoms with van der Waals surface area (Å²) in [5.74, 6) is 5.49. The molecule has 5 heteroatoms. The molecule has 1 saturated heterocycles. The first-order valence-electron chi connectivity index (χ1n) is 6.53. The zero-order chi connectivity index (χ0) is 13.9. The molecule has 1 heterocycles. The number of hydrogen-bond acceptors (Lipinski definition) is 4. The number of piperidine rings is 1. The van der Waals surface area contributed by atoms with Gasteiger partial charge in [-0.2, -0.15) is 0 Å².